The zero-order chi connectivity index (χ0) is 22.6. The van der Waals surface area contributed by atoms with E-state index in [9.17, 15) is 9.90 Å². The molecule has 32 heavy (non-hydrogen) atoms. The summed E-state index contributed by atoms with van der Waals surface area (Å²) < 4.78 is 17.5. The Hall–Kier alpha value is -3.51. The molecule has 1 unspecified atom stereocenters. The summed E-state index contributed by atoms with van der Waals surface area (Å²) >= 11 is 0. The summed E-state index contributed by atoms with van der Waals surface area (Å²) in [5.41, 5.74) is 1.66. The number of carboxylic acids is 1. The molecule has 0 spiro atoms. The van der Waals surface area contributed by atoms with E-state index in [2.05, 4.69) is 4.90 Å². The first kappa shape index (κ1) is 21.7. The minimum Gasteiger partial charge on any atom is -0.492 e. The van der Waals surface area contributed by atoms with Crippen LogP contribution in [0.15, 0.2) is 72.8 Å². The molecule has 0 radical (unpaired) electrons. The van der Waals surface area contributed by atoms with Gasteiger partial charge in [0, 0.05) is 13.0 Å². The largest absolute Gasteiger partial charge is 0.492 e. The number of carbonyl (C=O) groups is 1. The molecular weight excluding hydrogens is 406 g/mol. The quantitative estimate of drug-likeness (QED) is 0.485. The van der Waals surface area contributed by atoms with E-state index in [1.54, 1.807) is 13.8 Å². The maximum atomic E-state index is 11.6. The van der Waals surface area contributed by atoms with Gasteiger partial charge >= 0.3 is 5.97 Å². The fourth-order valence-electron chi connectivity index (χ4n) is 3.88. The number of carboxylic acid groups (broad SMARTS) is 1. The standard InChI is InChI=1S/C26H27NO5/c1-3-31-26(2,25(28)29)18-19-12-14-20(15-13-19)30-17-16-27-21-8-4-6-10-23(21)32-24-11-7-5-9-22(24)27/h4-15H,3,16-18H2,1-2H3,(H,28,29). The first-order valence-electron chi connectivity index (χ1n) is 10.7. The number of anilines is 2. The van der Waals surface area contributed by atoms with Crippen LogP contribution >= 0.6 is 0 Å². The van der Waals surface area contributed by atoms with Crippen LogP contribution in [0, 0.1) is 0 Å². The SMILES string of the molecule is CCOC(C)(Cc1ccc(OCCN2c3ccccc3Oc3ccccc32)cc1)C(=O)O. The van der Waals surface area contributed by atoms with E-state index in [1.165, 1.54) is 0 Å². The van der Waals surface area contributed by atoms with Crippen LogP contribution in [0.2, 0.25) is 0 Å². The molecule has 1 N–H and O–H groups in total. The smallest absolute Gasteiger partial charge is 0.336 e. The summed E-state index contributed by atoms with van der Waals surface area (Å²) in [4.78, 5) is 13.8. The summed E-state index contributed by atoms with van der Waals surface area (Å²) in [5, 5.41) is 9.50. The number of hydrogen-bond donors (Lipinski definition) is 1. The Morgan fingerprint density at radius 3 is 2.12 bits per heavy atom. The topological polar surface area (TPSA) is 68.2 Å². The van der Waals surface area contributed by atoms with Gasteiger partial charge in [-0.2, -0.15) is 0 Å². The first-order chi connectivity index (χ1) is 15.5. The monoisotopic (exact) mass is 433 g/mol. The van der Waals surface area contributed by atoms with Crippen molar-refractivity contribution in [3.63, 3.8) is 0 Å². The molecule has 1 heterocycles. The number of fused-ring (bicyclic) bond motifs is 2. The van der Waals surface area contributed by atoms with Crippen molar-refractivity contribution in [1.29, 1.82) is 0 Å². The van der Waals surface area contributed by atoms with Crippen LogP contribution in [0.4, 0.5) is 11.4 Å². The highest BCUT2D eigenvalue weighted by atomic mass is 16.5. The molecule has 166 valence electrons. The van der Waals surface area contributed by atoms with Crippen molar-refractivity contribution in [1.82, 2.24) is 0 Å². The number of benzene rings is 3. The van der Waals surface area contributed by atoms with E-state index in [4.69, 9.17) is 14.2 Å². The highest BCUT2D eigenvalue weighted by molar-refractivity contribution is 5.78. The fraction of sp³-hybridized carbons (Fsp3) is 0.269. The molecule has 0 saturated carbocycles. The number of rotatable bonds is 9. The van der Waals surface area contributed by atoms with Crippen molar-refractivity contribution in [3.8, 4) is 17.2 Å². The van der Waals surface area contributed by atoms with Crippen LogP contribution in [0.5, 0.6) is 17.2 Å². The van der Waals surface area contributed by atoms with Crippen molar-refractivity contribution in [2.24, 2.45) is 0 Å². The third-order valence-corrected chi connectivity index (χ3v) is 5.50. The van der Waals surface area contributed by atoms with Crippen LogP contribution in [0.25, 0.3) is 0 Å². The van der Waals surface area contributed by atoms with Gasteiger partial charge < -0.3 is 24.2 Å². The summed E-state index contributed by atoms with van der Waals surface area (Å²) in [6, 6.07) is 23.4. The van der Waals surface area contributed by atoms with Crippen molar-refractivity contribution in [3.05, 3.63) is 78.4 Å². The second kappa shape index (κ2) is 9.32. The van der Waals surface area contributed by atoms with Gasteiger partial charge in [-0.1, -0.05) is 36.4 Å². The highest BCUT2D eigenvalue weighted by Gasteiger charge is 2.34. The lowest BCUT2D eigenvalue weighted by molar-refractivity contribution is -0.162. The minimum atomic E-state index is -1.24. The molecule has 1 atom stereocenters. The molecule has 6 heteroatoms. The Morgan fingerprint density at radius 2 is 1.56 bits per heavy atom. The Kier molecular flexibility index (Phi) is 6.32. The molecule has 0 aromatic heterocycles. The fourth-order valence-corrected chi connectivity index (χ4v) is 3.88. The van der Waals surface area contributed by atoms with E-state index < -0.39 is 11.6 Å². The van der Waals surface area contributed by atoms with Crippen LogP contribution in [0.1, 0.15) is 19.4 Å². The molecule has 0 aliphatic carbocycles. The highest BCUT2D eigenvalue weighted by Crippen LogP contribution is 2.45. The third-order valence-electron chi connectivity index (χ3n) is 5.50. The predicted octanol–water partition coefficient (Wildman–Crippen LogP) is 5.43. The molecule has 3 aromatic rings. The van der Waals surface area contributed by atoms with Crippen molar-refractivity contribution in [2.75, 3.05) is 24.7 Å². The maximum Gasteiger partial charge on any atom is 0.336 e. The van der Waals surface area contributed by atoms with Gasteiger partial charge in [-0.25, -0.2) is 4.79 Å². The van der Waals surface area contributed by atoms with E-state index in [0.717, 1.165) is 34.2 Å². The zero-order valence-corrected chi connectivity index (χ0v) is 18.3. The first-order valence-corrected chi connectivity index (χ1v) is 10.7. The predicted molar refractivity (Wildman–Crippen MR) is 123 cm³/mol. The number of para-hydroxylation sites is 4. The second-order valence-corrected chi connectivity index (χ2v) is 7.83. The number of hydrogen-bond acceptors (Lipinski definition) is 5. The van der Waals surface area contributed by atoms with Crippen molar-refractivity contribution < 1.29 is 24.1 Å². The average molecular weight is 434 g/mol. The molecule has 4 rings (SSSR count). The molecule has 3 aromatic carbocycles. The van der Waals surface area contributed by atoms with Crippen LogP contribution in [-0.4, -0.2) is 36.4 Å². The van der Waals surface area contributed by atoms with Gasteiger partial charge in [-0.15, -0.1) is 0 Å². The van der Waals surface area contributed by atoms with E-state index >= 15 is 0 Å². The number of nitrogens with zero attached hydrogens (tertiary/aromatic N) is 1. The van der Waals surface area contributed by atoms with Gasteiger partial charge in [0.2, 0.25) is 0 Å². The number of ether oxygens (including phenoxy) is 3. The maximum absolute atomic E-state index is 11.6. The van der Waals surface area contributed by atoms with Gasteiger partial charge in [0.25, 0.3) is 0 Å². The van der Waals surface area contributed by atoms with Crippen LogP contribution in [-0.2, 0) is 16.0 Å². The Morgan fingerprint density at radius 1 is 0.969 bits per heavy atom. The second-order valence-electron chi connectivity index (χ2n) is 7.83. The van der Waals surface area contributed by atoms with E-state index in [1.807, 2.05) is 72.8 Å². The van der Waals surface area contributed by atoms with Gasteiger partial charge in [0.1, 0.15) is 12.4 Å². The minimum absolute atomic E-state index is 0.289. The van der Waals surface area contributed by atoms with Crippen LogP contribution < -0.4 is 14.4 Å². The van der Waals surface area contributed by atoms with Crippen LogP contribution in [0.3, 0.4) is 0 Å². The average Bonchev–Trinajstić information content (AvgIpc) is 2.80. The molecule has 0 bridgehead atoms. The van der Waals surface area contributed by atoms with Crippen molar-refractivity contribution >= 4 is 17.3 Å². The summed E-state index contributed by atoms with van der Waals surface area (Å²) in [5.74, 6) is 1.42. The van der Waals surface area contributed by atoms with E-state index in [-0.39, 0.29) is 6.42 Å². The molecule has 0 saturated heterocycles. The summed E-state index contributed by atoms with van der Waals surface area (Å²) in [6.45, 7) is 4.87. The lowest BCUT2D eigenvalue weighted by Crippen LogP contribution is -2.40. The van der Waals surface area contributed by atoms with Gasteiger partial charge in [-0.05, 0) is 55.8 Å². The van der Waals surface area contributed by atoms with E-state index in [0.29, 0.717) is 19.8 Å². The molecule has 1 aliphatic heterocycles. The van der Waals surface area contributed by atoms with Gasteiger partial charge in [-0.3, -0.25) is 0 Å². The zero-order valence-electron chi connectivity index (χ0n) is 18.3. The summed E-state index contributed by atoms with van der Waals surface area (Å²) in [7, 11) is 0. The lowest BCUT2D eigenvalue weighted by atomic mass is 9.96. The molecular formula is C26H27NO5. The lowest BCUT2D eigenvalue weighted by Gasteiger charge is -2.32. The Bertz CT molecular complexity index is 1040. The Labute approximate surface area is 188 Å². The van der Waals surface area contributed by atoms with Crippen molar-refractivity contribution in [2.45, 2.75) is 25.9 Å². The molecule has 0 amide bonds. The van der Waals surface area contributed by atoms with Gasteiger partial charge in [0.05, 0.1) is 17.9 Å². The van der Waals surface area contributed by atoms with Gasteiger partial charge in [0.15, 0.2) is 17.1 Å². The molecule has 1 aliphatic rings. The molecule has 0 fully saturated rings. The number of aliphatic carboxylic acids is 1. The molecule has 6 nitrogen and oxygen atoms in total. The summed E-state index contributed by atoms with van der Waals surface area (Å²) in [6.07, 6.45) is 0.289. The third kappa shape index (κ3) is 4.55. The Balaban J connectivity index is 1.41. The normalized spacial score (nSPS) is 14.0.